The summed E-state index contributed by atoms with van der Waals surface area (Å²) in [6.07, 6.45) is 3.85. The van der Waals surface area contributed by atoms with Gasteiger partial charge in [0.25, 0.3) is 5.91 Å². The Hall–Kier alpha value is -2.12. The highest BCUT2D eigenvalue weighted by molar-refractivity contribution is 6.42. The second-order valence-electron chi connectivity index (χ2n) is 6.68. The van der Waals surface area contributed by atoms with E-state index in [1.54, 1.807) is 0 Å². The standard InChI is InChI=1S/C18H18Cl2N2O5/c19-12-5-4-11(8-13(12)20)14(23)10-27-15(24)9-22-16(25)18(21-17(22)26)6-2-1-3-7-18/h4-5,8H,1-3,6-7,9-10H2,(H,21,26). The number of hydrogen-bond donors (Lipinski definition) is 1. The van der Waals surface area contributed by atoms with Crippen molar-refractivity contribution in [1.29, 1.82) is 0 Å². The topological polar surface area (TPSA) is 92.8 Å². The first-order valence-electron chi connectivity index (χ1n) is 8.60. The second kappa shape index (κ2) is 7.86. The zero-order valence-electron chi connectivity index (χ0n) is 14.4. The third kappa shape index (κ3) is 4.09. The molecule has 1 saturated heterocycles. The molecular formula is C18H18Cl2N2O5. The van der Waals surface area contributed by atoms with Crippen LogP contribution in [-0.2, 0) is 14.3 Å². The van der Waals surface area contributed by atoms with E-state index in [9.17, 15) is 19.2 Å². The molecule has 0 radical (unpaired) electrons. The number of esters is 1. The van der Waals surface area contributed by atoms with Gasteiger partial charge < -0.3 is 10.1 Å². The van der Waals surface area contributed by atoms with Gasteiger partial charge in [-0.05, 0) is 31.0 Å². The highest BCUT2D eigenvalue weighted by Gasteiger charge is 2.51. The lowest BCUT2D eigenvalue weighted by molar-refractivity contribution is -0.147. The van der Waals surface area contributed by atoms with Gasteiger partial charge in [-0.25, -0.2) is 4.79 Å². The Morgan fingerprint density at radius 3 is 2.48 bits per heavy atom. The van der Waals surface area contributed by atoms with Gasteiger partial charge in [-0.3, -0.25) is 19.3 Å². The monoisotopic (exact) mass is 412 g/mol. The predicted octanol–water partition coefficient (Wildman–Crippen LogP) is 2.97. The van der Waals surface area contributed by atoms with E-state index >= 15 is 0 Å². The van der Waals surface area contributed by atoms with E-state index in [1.165, 1.54) is 18.2 Å². The molecule has 1 aliphatic heterocycles. The summed E-state index contributed by atoms with van der Waals surface area (Å²) in [6.45, 7) is -1.05. The van der Waals surface area contributed by atoms with Crippen molar-refractivity contribution in [3.63, 3.8) is 0 Å². The molecule has 27 heavy (non-hydrogen) atoms. The molecule has 9 heteroatoms. The first-order valence-corrected chi connectivity index (χ1v) is 9.36. The summed E-state index contributed by atoms with van der Waals surface area (Å²) >= 11 is 11.6. The van der Waals surface area contributed by atoms with Crippen LogP contribution < -0.4 is 5.32 Å². The average molecular weight is 413 g/mol. The molecule has 1 saturated carbocycles. The molecule has 3 amide bonds. The Balaban J connectivity index is 1.56. The number of ether oxygens (including phenoxy) is 1. The maximum Gasteiger partial charge on any atom is 0.326 e. The number of nitrogens with one attached hydrogen (secondary N) is 1. The van der Waals surface area contributed by atoms with E-state index in [0.717, 1.165) is 24.2 Å². The number of carbonyl (C=O) groups excluding carboxylic acids is 4. The Bertz CT molecular complexity index is 805. The molecular weight excluding hydrogens is 395 g/mol. The molecule has 0 bridgehead atoms. The first kappa shape index (κ1) is 19.6. The number of hydrogen-bond acceptors (Lipinski definition) is 5. The molecule has 1 N–H and O–H groups in total. The van der Waals surface area contributed by atoms with Crippen LogP contribution in [0.5, 0.6) is 0 Å². The minimum Gasteiger partial charge on any atom is -0.456 e. The van der Waals surface area contributed by atoms with Crippen LogP contribution >= 0.6 is 23.2 Å². The van der Waals surface area contributed by atoms with E-state index < -0.39 is 42.4 Å². The zero-order chi connectivity index (χ0) is 19.6. The maximum absolute atomic E-state index is 12.6. The Kier molecular flexibility index (Phi) is 5.72. The lowest BCUT2D eigenvalue weighted by Gasteiger charge is -2.30. The molecule has 1 aromatic rings. The Morgan fingerprint density at radius 2 is 1.81 bits per heavy atom. The van der Waals surface area contributed by atoms with E-state index in [0.29, 0.717) is 17.9 Å². The van der Waals surface area contributed by atoms with Crippen LogP contribution in [0.25, 0.3) is 0 Å². The summed E-state index contributed by atoms with van der Waals surface area (Å²) in [6, 6.07) is 3.71. The van der Waals surface area contributed by atoms with Gasteiger partial charge in [0.2, 0.25) is 0 Å². The SMILES string of the molecule is O=C(CN1C(=O)NC2(CCCCC2)C1=O)OCC(=O)c1ccc(Cl)c(Cl)c1. The molecule has 3 rings (SSSR count). The zero-order valence-corrected chi connectivity index (χ0v) is 15.9. The van der Waals surface area contributed by atoms with Gasteiger partial charge in [0.15, 0.2) is 12.4 Å². The summed E-state index contributed by atoms with van der Waals surface area (Å²) in [5.74, 6) is -1.71. The normalized spacial score (nSPS) is 18.5. The minimum absolute atomic E-state index is 0.214. The van der Waals surface area contributed by atoms with Gasteiger partial charge in [-0.1, -0.05) is 42.5 Å². The average Bonchev–Trinajstić information content (AvgIpc) is 2.86. The number of halogens is 2. The summed E-state index contributed by atoms with van der Waals surface area (Å²) in [5, 5.41) is 3.23. The van der Waals surface area contributed by atoms with Gasteiger partial charge in [0.1, 0.15) is 12.1 Å². The highest BCUT2D eigenvalue weighted by Crippen LogP contribution is 2.33. The fourth-order valence-corrected chi connectivity index (χ4v) is 3.69. The van der Waals surface area contributed by atoms with Crippen molar-refractivity contribution in [3.05, 3.63) is 33.8 Å². The van der Waals surface area contributed by atoms with Crippen molar-refractivity contribution < 1.29 is 23.9 Å². The molecule has 0 unspecified atom stereocenters. The van der Waals surface area contributed by atoms with E-state index in [2.05, 4.69) is 5.32 Å². The fourth-order valence-electron chi connectivity index (χ4n) is 3.39. The molecule has 1 heterocycles. The van der Waals surface area contributed by atoms with Gasteiger partial charge in [-0.15, -0.1) is 0 Å². The third-order valence-electron chi connectivity index (χ3n) is 4.85. The summed E-state index contributed by atoms with van der Waals surface area (Å²) in [5.41, 5.74) is -0.653. The maximum atomic E-state index is 12.6. The van der Waals surface area contributed by atoms with Gasteiger partial charge >= 0.3 is 12.0 Å². The number of urea groups is 1. The number of amides is 3. The van der Waals surface area contributed by atoms with Crippen molar-refractivity contribution >= 4 is 46.9 Å². The van der Waals surface area contributed by atoms with Crippen LogP contribution in [-0.4, -0.2) is 47.3 Å². The van der Waals surface area contributed by atoms with Gasteiger partial charge in [0, 0.05) is 5.56 Å². The molecule has 0 aromatic heterocycles. The van der Waals surface area contributed by atoms with Crippen molar-refractivity contribution in [2.75, 3.05) is 13.2 Å². The predicted molar refractivity (Wildman–Crippen MR) is 97.8 cm³/mol. The van der Waals surface area contributed by atoms with Crippen molar-refractivity contribution in [1.82, 2.24) is 10.2 Å². The number of nitrogens with zero attached hydrogens (tertiary/aromatic N) is 1. The molecule has 2 aliphatic rings. The van der Waals surface area contributed by atoms with E-state index in [-0.39, 0.29) is 10.6 Å². The number of rotatable bonds is 5. The molecule has 1 aromatic carbocycles. The summed E-state index contributed by atoms with van der Waals surface area (Å²) < 4.78 is 4.92. The van der Waals surface area contributed by atoms with Crippen molar-refractivity contribution in [2.24, 2.45) is 0 Å². The van der Waals surface area contributed by atoms with Crippen molar-refractivity contribution in [3.8, 4) is 0 Å². The van der Waals surface area contributed by atoms with Crippen LogP contribution in [0.2, 0.25) is 10.0 Å². The second-order valence-corrected chi connectivity index (χ2v) is 7.49. The first-order chi connectivity index (χ1) is 12.8. The van der Waals surface area contributed by atoms with Crippen LogP contribution in [0.1, 0.15) is 42.5 Å². The minimum atomic E-state index is -0.897. The van der Waals surface area contributed by atoms with Gasteiger partial charge in [-0.2, -0.15) is 0 Å². The lowest BCUT2D eigenvalue weighted by atomic mass is 9.82. The quantitative estimate of drug-likeness (QED) is 0.455. The molecule has 144 valence electrons. The molecule has 1 aliphatic carbocycles. The number of benzene rings is 1. The van der Waals surface area contributed by atoms with Gasteiger partial charge in [0.05, 0.1) is 10.0 Å². The highest BCUT2D eigenvalue weighted by atomic mass is 35.5. The number of imide groups is 1. The van der Waals surface area contributed by atoms with Crippen LogP contribution in [0, 0.1) is 0 Å². The Labute approximate surface area is 165 Å². The number of Topliss-reactive ketones (excluding diaryl/α,β-unsaturated/α-hetero) is 1. The smallest absolute Gasteiger partial charge is 0.326 e. The summed E-state index contributed by atoms with van der Waals surface area (Å²) in [4.78, 5) is 49.7. The fraction of sp³-hybridized carbons (Fsp3) is 0.444. The van der Waals surface area contributed by atoms with E-state index in [4.69, 9.17) is 27.9 Å². The lowest BCUT2D eigenvalue weighted by Crippen LogP contribution is -2.48. The van der Waals surface area contributed by atoms with Crippen LogP contribution in [0.4, 0.5) is 4.79 Å². The molecule has 0 atom stereocenters. The Morgan fingerprint density at radius 1 is 1.11 bits per heavy atom. The number of ketones is 1. The number of carbonyl (C=O) groups is 4. The van der Waals surface area contributed by atoms with Crippen LogP contribution in [0.3, 0.4) is 0 Å². The third-order valence-corrected chi connectivity index (χ3v) is 5.59. The van der Waals surface area contributed by atoms with E-state index in [1.807, 2.05) is 0 Å². The van der Waals surface area contributed by atoms with Crippen molar-refractivity contribution in [2.45, 2.75) is 37.6 Å². The van der Waals surface area contributed by atoms with Crippen LogP contribution in [0.15, 0.2) is 18.2 Å². The molecule has 2 fully saturated rings. The molecule has 7 nitrogen and oxygen atoms in total. The largest absolute Gasteiger partial charge is 0.456 e. The summed E-state index contributed by atoms with van der Waals surface area (Å²) in [7, 11) is 0. The molecule has 1 spiro atoms.